The number of nitrogens with zero attached hydrogens (tertiary/aromatic N) is 2. The summed E-state index contributed by atoms with van der Waals surface area (Å²) in [6.07, 6.45) is 7.02. The van der Waals surface area contributed by atoms with Gasteiger partial charge in [-0.1, -0.05) is 24.6 Å². The van der Waals surface area contributed by atoms with E-state index < -0.39 is 11.8 Å². The topological polar surface area (TPSA) is 49.9 Å². The van der Waals surface area contributed by atoms with E-state index in [2.05, 4.69) is 0 Å². The highest BCUT2D eigenvalue weighted by Gasteiger charge is 2.53. The van der Waals surface area contributed by atoms with E-state index in [0.29, 0.717) is 12.2 Å². The lowest BCUT2D eigenvalue weighted by molar-refractivity contribution is -0.136. The molecule has 3 aliphatic rings. The van der Waals surface area contributed by atoms with Crippen molar-refractivity contribution >= 4 is 11.8 Å². The molecule has 0 radical (unpaired) electrons. The van der Waals surface area contributed by atoms with E-state index >= 15 is 0 Å². The van der Waals surface area contributed by atoms with Crippen LogP contribution in [0, 0.1) is 0 Å². The number of carbonyl (C=O) groups excluding carboxylic acids is 2. The third kappa shape index (κ3) is 2.95. The fourth-order valence-corrected chi connectivity index (χ4v) is 4.53. The zero-order chi connectivity index (χ0) is 17.3. The van der Waals surface area contributed by atoms with Crippen molar-refractivity contribution in [3.8, 4) is 0 Å². The van der Waals surface area contributed by atoms with E-state index in [-0.39, 0.29) is 11.8 Å². The van der Waals surface area contributed by atoms with Crippen LogP contribution in [0.2, 0.25) is 0 Å². The van der Waals surface area contributed by atoms with Crippen LogP contribution in [0.4, 0.5) is 0 Å². The molecule has 1 aliphatic carbocycles. The predicted octanol–water partition coefficient (Wildman–Crippen LogP) is 2.81. The highest BCUT2D eigenvalue weighted by atomic mass is 16.5. The van der Waals surface area contributed by atoms with E-state index in [1.807, 2.05) is 35.2 Å². The SMILES string of the molecule is O=C(C1COC2(CCCCC2)N1C(=O)c1ccccc1)N1CCCC1. The van der Waals surface area contributed by atoms with Crippen LogP contribution in [-0.2, 0) is 9.53 Å². The predicted molar refractivity (Wildman–Crippen MR) is 94.0 cm³/mol. The lowest BCUT2D eigenvalue weighted by Gasteiger charge is -2.42. The Labute approximate surface area is 148 Å². The second-order valence-corrected chi connectivity index (χ2v) is 7.41. The number of hydrogen-bond donors (Lipinski definition) is 0. The summed E-state index contributed by atoms with van der Waals surface area (Å²) >= 11 is 0. The summed E-state index contributed by atoms with van der Waals surface area (Å²) in [5, 5.41) is 0. The Morgan fingerprint density at radius 1 is 0.960 bits per heavy atom. The second-order valence-electron chi connectivity index (χ2n) is 7.41. The molecular weight excluding hydrogens is 316 g/mol. The first-order valence-corrected chi connectivity index (χ1v) is 9.53. The van der Waals surface area contributed by atoms with Gasteiger partial charge in [0.05, 0.1) is 6.61 Å². The normalized spacial score (nSPS) is 25.5. The summed E-state index contributed by atoms with van der Waals surface area (Å²) in [4.78, 5) is 30.1. The molecule has 1 spiro atoms. The number of ether oxygens (including phenoxy) is 1. The first-order chi connectivity index (χ1) is 12.2. The number of carbonyl (C=O) groups is 2. The van der Waals surface area contributed by atoms with Crippen molar-refractivity contribution < 1.29 is 14.3 Å². The lowest BCUT2D eigenvalue weighted by Crippen LogP contribution is -2.56. The van der Waals surface area contributed by atoms with Crippen LogP contribution in [-0.4, -0.2) is 53.1 Å². The second kappa shape index (κ2) is 6.79. The molecule has 1 atom stereocenters. The van der Waals surface area contributed by atoms with Crippen molar-refractivity contribution in [1.82, 2.24) is 9.80 Å². The highest BCUT2D eigenvalue weighted by Crippen LogP contribution is 2.41. The summed E-state index contributed by atoms with van der Waals surface area (Å²) < 4.78 is 6.19. The minimum absolute atomic E-state index is 0.0595. The smallest absolute Gasteiger partial charge is 0.256 e. The Morgan fingerprint density at radius 3 is 2.32 bits per heavy atom. The molecule has 1 aromatic rings. The quantitative estimate of drug-likeness (QED) is 0.830. The molecular formula is C20H26N2O3. The summed E-state index contributed by atoms with van der Waals surface area (Å²) in [6.45, 7) is 1.93. The van der Waals surface area contributed by atoms with Crippen molar-refractivity contribution in [2.75, 3.05) is 19.7 Å². The Hall–Kier alpha value is -1.88. The molecule has 2 saturated heterocycles. The molecule has 2 amide bonds. The first kappa shape index (κ1) is 16.6. The third-order valence-corrected chi connectivity index (χ3v) is 5.84. The number of hydrogen-bond acceptors (Lipinski definition) is 3. The molecule has 2 aliphatic heterocycles. The molecule has 0 aromatic heterocycles. The van der Waals surface area contributed by atoms with Gasteiger partial charge < -0.3 is 9.64 Å². The van der Waals surface area contributed by atoms with Crippen LogP contribution in [0.5, 0.6) is 0 Å². The first-order valence-electron chi connectivity index (χ1n) is 9.53. The highest BCUT2D eigenvalue weighted by molar-refractivity contribution is 5.98. The van der Waals surface area contributed by atoms with Gasteiger partial charge in [-0.05, 0) is 50.7 Å². The van der Waals surface area contributed by atoms with Gasteiger partial charge in [0.1, 0.15) is 11.8 Å². The Balaban J connectivity index is 1.66. The Kier molecular flexibility index (Phi) is 4.50. The largest absolute Gasteiger partial charge is 0.353 e. The molecule has 1 saturated carbocycles. The van der Waals surface area contributed by atoms with Crippen LogP contribution in [0.25, 0.3) is 0 Å². The average Bonchev–Trinajstić information content (AvgIpc) is 3.31. The zero-order valence-electron chi connectivity index (χ0n) is 14.7. The number of likely N-dealkylation sites (tertiary alicyclic amines) is 1. The van der Waals surface area contributed by atoms with Gasteiger partial charge >= 0.3 is 0 Å². The fraction of sp³-hybridized carbons (Fsp3) is 0.600. The molecule has 2 heterocycles. The summed E-state index contributed by atoms with van der Waals surface area (Å²) in [5.74, 6) is -0.0122. The minimum Gasteiger partial charge on any atom is -0.353 e. The molecule has 0 N–H and O–H groups in total. The summed E-state index contributed by atoms with van der Waals surface area (Å²) in [7, 11) is 0. The summed E-state index contributed by atoms with van der Waals surface area (Å²) in [5.41, 5.74) is 0.0442. The third-order valence-electron chi connectivity index (χ3n) is 5.84. The maximum atomic E-state index is 13.3. The molecule has 1 unspecified atom stereocenters. The van der Waals surface area contributed by atoms with Crippen molar-refractivity contribution in [3.05, 3.63) is 35.9 Å². The van der Waals surface area contributed by atoms with Gasteiger partial charge in [-0.25, -0.2) is 0 Å². The molecule has 3 fully saturated rings. The van der Waals surface area contributed by atoms with E-state index in [4.69, 9.17) is 4.74 Å². The molecule has 25 heavy (non-hydrogen) atoms. The molecule has 5 nitrogen and oxygen atoms in total. The standard InChI is InChI=1S/C20H26N2O3/c23-18(16-9-3-1-4-10-16)22-17(19(24)21-13-7-8-14-21)15-25-20(22)11-5-2-6-12-20/h1,3-4,9-10,17H,2,5-8,11-15H2. The van der Waals surface area contributed by atoms with Gasteiger partial charge in [0.15, 0.2) is 0 Å². The Morgan fingerprint density at radius 2 is 1.64 bits per heavy atom. The van der Waals surface area contributed by atoms with E-state index in [1.165, 1.54) is 6.42 Å². The molecule has 1 aromatic carbocycles. The monoisotopic (exact) mass is 342 g/mol. The van der Waals surface area contributed by atoms with Crippen molar-refractivity contribution in [2.45, 2.75) is 56.7 Å². The van der Waals surface area contributed by atoms with Gasteiger partial charge in [0.25, 0.3) is 5.91 Å². The summed E-state index contributed by atoms with van der Waals surface area (Å²) in [6, 6.07) is 8.82. The minimum atomic E-state index is -0.592. The maximum Gasteiger partial charge on any atom is 0.256 e. The van der Waals surface area contributed by atoms with Gasteiger partial charge in [0.2, 0.25) is 5.91 Å². The fourth-order valence-electron chi connectivity index (χ4n) is 4.53. The van der Waals surface area contributed by atoms with Gasteiger partial charge in [0, 0.05) is 18.7 Å². The molecule has 0 bridgehead atoms. The van der Waals surface area contributed by atoms with Crippen LogP contribution in [0.3, 0.4) is 0 Å². The van der Waals surface area contributed by atoms with Crippen LogP contribution < -0.4 is 0 Å². The van der Waals surface area contributed by atoms with Crippen LogP contribution in [0.1, 0.15) is 55.3 Å². The average molecular weight is 342 g/mol. The van der Waals surface area contributed by atoms with Crippen molar-refractivity contribution in [3.63, 3.8) is 0 Å². The van der Waals surface area contributed by atoms with Crippen molar-refractivity contribution in [1.29, 1.82) is 0 Å². The van der Waals surface area contributed by atoms with Gasteiger partial charge in [-0.15, -0.1) is 0 Å². The van der Waals surface area contributed by atoms with Crippen LogP contribution >= 0.6 is 0 Å². The molecule has 134 valence electrons. The lowest BCUT2D eigenvalue weighted by atomic mass is 9.89. The number of amides is 2. The number of rotatable bonds is 2. The zero-order valence-corrected chi connectivity index (χ0v) is 14.7. The molecule has 5 heteroatoms. The van der Waals surface area contributed by atoms with E-state index in [9.17, 15) is 9.59 Å². The van der Waals surface area contributed by atoms with Crippen LogP contribution in [0.15, 0.2) is 30.3 Å². The maximum absolute atomic E-state index is 13.3. The van der Waals surface area contributed by atoms with Gasteiger partial charge in [-0.3, -0.25) is 14.5 Å². The molecule has 4 rings (SSSR count). The number of benzene rings is 1. The van der Waals surface area contributed by atoms with E-state index in [1.54, 1.807) is 4.90 Å². The van der Waals surface area contributed by atoms with Crippen molar-refractivity contribution in [2.24, 2.45) is 0 Å². The van der Waals surface area contributed by atoms with E-state index in [0.717, 1.165) is 51.6 Å². The Bertz CT molecular complexity index is 634. The van der Waals surface area contributed by atoms with Gasteiger partial charge in [-0.2, -0.15) is 0 Å².